The fourth-order valence-corrected chi connectivity index (χ4v) is 3.10. The maximum Gasteiger partial charge on any atom is 0.330 e. The first-order chi connectivity index (χ1) is 14.0. The van der Waals surface area contributed by atoms with Crippen LogP contribution in [0, 0.1) is 0 Å². The molecule has 7 heteroatoms. The number of halogens is 1. The molecular weight excluding hydrogens is 394 g/mol. The Labute approximate surface area is 174 Å². The smallest absolute Gasteiger partial charge is 0.330 e. The number of esters is 1. The van der Waals surface area contributed by atoms with Crippen molar-refractivity contribution in [2.24, 2.45) is 0 Å². The van der Waals surface area contributed by atoms with E-state index in [9.17, 15) is 9.59 Å². The van der Waals surface area contributed by atoms with Gasteiger partial charge in [0, 0.05) is 18.2 Å². The van der Waals surface area contributed by atoms with Gasteiger partial charge in [0.1, 0.15) is 0 Å². The molecule has 0 atom stereocenters. The van der Waals surface area contributed by atoms with Crippen molar-refractivity contribution in [1.82, 2.24) is 0 Å². The van der Waals surface area contributed by atoms with Crippen LogP contribution in [0.4, 0.5) is 5.69 Å². The van der Waals surface area contributed by atoms with E-state index in [0.717, 1.165) is 17.5 Å². The number of amides is 1. The molecule has 0 fully saturated rings. The van der Waals surface area contributed by atoms with Gasteiger partial charge in [-0.2, -0.15) is 0 Å². The van der Waals surface area contributed by atoms with Crippen LogP contribution in [-0.2, 0) is 20.7 Å². The summed E-state index contributed by atoms with van der Waals surface area (Å²) in [4.78, 5) is 23.7. The lowest BCUT2D eigenvalue weighted by atomic mass is 10.1. The van der Waals surface area contributed by atoms with Crippen molar-refractivity contribution in [1.29, 1.82) is 0 Å². The Kier molecular flexibility index (Phi) is 7.14. The Morgan fingerprint density at radius 2 is 1.93 bits per heavy atom. The number of carbonyl (C=O) groups is 2. The molecule has 3 rings (SSSR count). The molecule has 6 nitrogen and oxygen atoms in total. The zero-order valence-corrected chi connectivity index (χ0v) is 16.8. The van der Waals surface area contributed by atoms with E-state index >= 15 is 0 Å². The molecule has 0 unspecified atom stereocenters. The molecule has 0 aliphatic carbocycles. The molecule has 1 aliphatic rings. The number of carbonyl (C=O) groups excluding carboxylic acids is 2. The Morgan fingerprint density at radius 3 is 2.69 bits per heavy atom. The topological polar surface area (TPSA) is 73.9 Å². The summed E-state index contributed by atoms with van der Waals surface area (Å²) in [6.45, 7) is 3.19. The quantitative estimate of drug-likeness (QED) is 0.563. The van der Waals surface area contributed by atoms with E-state index in [1.54, 1.807) is 49.4 Å². The highest BCUT2D eigenvalue weighted by molar-refractivity contribution is 6.32. The van der Waals surface area contributed by atoms with Crippen molar-refractivity contribution < 1.29 is 23.8 Å². The van der Waals surface area contributed by atoms with E-state index in [0.29, 0.717) is 42.0 Å². The third-order valence-corrected chi connectivity index (χ3v) is 4.40. The summed E-state index contributed by atoms with van der Waals surface area (Å²) in [6.07, 6.45) is 3.96. The van der Waals surface area contributed by atoms with E-state index < -0.39 is 5.97 Å². The molecule has 0 saturated heterocycles. The number of anilines is 1. The third kappa shape index (κ3) is 5.99. The van der Waals surface area contributed by atoms with E-state index in [1.165, 1.54) is 6.08 Å². The molecule has 0 radical (unpaired) electrons. The van der Waals surface area contributed by atoms with Crippen LogP contribution in [0.5, 0.6) is 11.5 Å². The van der Waals surface area contributed by atoms with Crippen molar-refractivity contribution in [3.63, 3.8) is 0 Å². The molecule has 29 heavy (non-hydrogen) atoms. The van der Waals surface area contributed by atoms with Gasteiger partial charge in [-0.05, 0) is 48.4 Å². The second-order valence-corrected chi connectivity index (χ2v) is 6.79. The fraction of sp³-hybridized carbons (Fsp3) is 0.273. The highest BCUT2D eigenvalue weighted by Gasteiger charge is 2.16. The molecule has 0 aromatic heterocycles. The molecule has 2 aromatic carbocycles. The lowest BCUT2D eigenvalue weighted by Gasteiger charge is -2.12. The Balaban J connectivity index is 1.60. The fourth-order valence-electron chi connectivity index (χ4n) is 2.81. The van der Waals surface area contributed by atoms with Crippen molar-refractivity contribution in [2.45, 2.75) is 19.8 Å². The summed E-state index contributed by atoms with van der Waals surface area (Å²) >= 11 is 6.28. The molecule has 1 N–H and O–H groups in total. The Morgan fingerprint density at radius 1 is 1.17 bits per heavy atom. The van der Waals surface area contributed by atoms with Gasteiger partial charge in [-0.25, -0.2) is 4.79 Å². The maximum absolute atomic E-state index is 12.4. The van der Waals surface area contributed by atoms with Gasteiger partial charge < -0.3 is 19.5 Å². The largest absolute Gasteiger partial charge is 0.489 e. The van der Waals surface area contributed by atoms with Crippen LogP contribution in [-0.4, -0.2) is 31.7 Å². The zero-order chi connectivity index (χ0) is 20.6. The number of ether oxygens (including phenoxy) is 3. The van der Waals surface area contributed by atoms with Gasteiger partial charge in [0.2, 0.25) is 5.91 Å². The SMILES string of the molecule is CCOC(=O)/C=C/c1ccc(NC(=O)Cc2cc(Cl)c3c(c2)OCCCO3)cc1. The first-order valence-corrected chi connectivity index (χ1v) is 9.75. The number of nitrogens with one attached hydrogen (secondary N) is 1. The summed E-state index contributed by atoms with van der Waals surface area (Å²) in [7, 11) is 0. The normalized spacial score (nSPS) is 13.0. The highest BCUT2D eigenvalue weighted by atomic mass is 35.5. The van der Waals surface area contributed by atoms with Crippen molar-refractivity contribution in [3.8, 4) is 11.5 Å². The molecule has 2 aromatic rings. The average Bonchev–Trinajstić information content (AvgIpc) is 2.93. The first kappa shape index (κ1) is 20.7. The van der Waals surface area contributed by atoms with Crippen molar-refractivity contribution in [2.75, 3.05) is 25.1 Å². The molecule has 0 saturated carbocycles. The molecule has 1 heterocycles. The Bertz CT molecular complexity index is 908. The average molecular weight is 416 g/mol. The van der Waals surface area contributed by atoms with Crippen LogP contribution in [0.2, 0.25) is 5.02 Å². The van der Waals surface area contributed by atoms with E-state index in [-0.39, 0.29) is 12.3 Å². The first-order valence-electron chi connectivity index (χ1n) is 9.38. The van der Waals surface area contributed by atoms with Crippen LogP contribution in [0.15, 0.2) is 42.5 Å². The van der Waals surface area contributed by atoms with Crippen LogP contribution < -0.4 is 14.8 Å². The minimum absolute atomic E-state index is 0.154. The van der Waals surface area contributed by atoms with Gasteiger partial charge in [0.15, 0.2) is 11.5 Å². The number of fused-ring (bicyclic) bond motifs is 1. The summed E-state index contributed by atoms with van der Waals surface area (Å²) in [5.74, 6) is 0.527. The van der Waals surface area contributed by atoms with Crippen LogP contribution in [0.1, 0.15) is 24.5 Å². The number of hydrogen-bond acceptors (Lipinski definition) is 5. The Hall–Kier alpha value is -2.99. The lowest BCUT2D eigenvalue weighted by molar-refractivity contribution is -0.137. The summed E-state index contributed by atoms with van der Waals surface area (Å²) < 4.78 is 16.1. The van der Waals surface area contributed by atoms with Gasteiger partial charge in [0.25, 0.3) is 0 Å². The number of rotatable bonds is 6. The van der Waals surface area contributed by atoms with E-state index in [4.69, 9.17) is 25.8 Å². The van der Waals surface area contributed by atoms with Crippen LogP contribution in [0.25, 0.3) is 6.08 Å². The zero-order valence-electron chi connectivity index (χ0n) is 16.1. The third-order valence-electron chi connectivity index (χ3n) is 4.12. The van der Waals surface area contributed by atoms with Gasteiger partial charge in [-0.3, -0.25) is 4.79 Å². The minimum Gasteiger partial charge on any atom is -0.489 e. The van der Waals surface area contributed by atoms with E-state index in [2.05, 4.69) is 5.32 Å². The molecule has 1 amide bonds. The summed E-state index contributed by atoms with van der Waals surface area (Å²) in [5, 5.41) is 3.28. The predicted molar refractivity (Wildman–Crippen MR) is 112 cm³/mol. The maximum atomic E-state index is 12.4. The molecular formula is C22H22ClNO5. The second kappa shape index (κ2) is 9.98. The second-order valence-electron chi connectivity index (χ2n) is 6.39. The predicted octanol–water partition coefficient (Wildman–Crippen LogP) is 4.26. The minimum atomic E-state index is -0.390. The standard InChI is InChI=1S/C22H22ClNO5/c1-2-27-21(26)9-6-15-4-7-17(8-5-15)24-20(25)14-16-12-18(23)22-19(13-16)28-10-3-11-29-22/h4-9,12-13H,2-3,10-11,14H2,1H3,(H,24,25)/b9-6+. The number of hydrogen-bond donors (Lipinski definition) is 1. The van der Waals surface area contributed by atoms with Crippen molar-refractivity contribution >= 4 is 35.2 Å². The number of benzene rings is 2. The molecule has 152 valence electrons. The van der Waals surface area contributed by atoms with Crippen LogP contribution in [0.3, 0.4) is 0 Å². The van der Waals surface area contributed by atoms with E-state index in [1.807, 2.05) is 0 Å². The summed E-state index contributed by atoms with van der Waals surface area (Å²) in [6, 6.07) is 10.6. The van der Waals surface area contributed by atoms with Crippen molar-refractivity contribution in [3.05, 3.63) is 58.6 Å². The van der Waals surface area contributed by atoms with Gasteiger partial charge in [-0.15, -0.1) is 0 Å². The van der Waals surface area contributed by atoms with Gasteiger partial charge in [0.05, 0.1) is 31.3 Å². The molecule has 0 bridgehead atoms. The molecule has 0 spiro atoms. The highest BCUT2D eigenvalue weighted by Crippen LogP contribution is 2.38. The molecule has 1 aliphatic heterocycles. The monoisotopic (exact) mass is 415 g/mol. The van der Waals surface area contributed by atoms with Crippen LogP contribution >= 0.6 is 11.6 Å². The lowest BCUT2D eigenvalue weighted by Crippen LogP contribution is -2.14. The van der Waals surface area contributed by atoms with Gasteiger partial charge >= 0.3 is 5.97 Å². The van der Waals surface area contributed by atoms with Gasteiger partial charge in [-0.1, -0.05) is 23.7 Å². The summed E-state index contributed by atoms with van der Waals surface area (Å²) in [5.41, 5.74) is 2.22.